The number of benzene rings is 2. The van der Waals surface area contributed by atoms with Gasteiger partial charge in [-0.2, -0.15) is 0 Å². The molecule has 0 atom stereocenters. The first-order valence-corrected chi connectivity index (χ1v) is 9.36. The highest BCUT2D eigenvalue weighted by molar-refractivity contribution is 8.00. The number of pyridine rings is 1. The standard InChI is InChI=1S/C20H19N3O4S/c1-24-11-12-9-15(26-3)18-16(10-12)27-22-20(18)23-28-17-7-6-14(25-2)13-5-4-8-21-19(13)17/h4-10H,11H2,1-3H3,(H,22,23). The summed E-state index contributed by atoms with van der Waals surface area (Å²) in [6.45, 7) is 0.466. The van der Waals surface area contributed by atoms with Crippen LogP contribution in [0.5, 0.6) is 11.5 Å². The average Bonchev–Trinajstić information content (AvgIpc) is 3.14. The number of methoxy groups -OCH3 is 3. The molecule has 4 rings (SSSR count). The van der Waals surface area contributed by atoms with Crippen molar-refractivity contribution in [2.45, 2.75) is 11.5 Å². The fourth-order valence-electron chi connectivity index (χ4n) is 3.05. The molecular formula is C20H19N3O4S. The summed E-state index contributed by atoms with van der Waals surface area (Å²) in [6, 6.07) is 11.6. The molecule has 0 amide bonds. The molecule has 0 bridgehead atoms. The van der Waals surface area contributed by atoms with E-state index >= 15 is 0 Å². The molecule has 8 heteroatoms. The Morgan fingerprint density at radius 2 is 1.93 bits per heavy atom. The third-order valence-electron chi connectivity index (χ3n) is 4.30. The second-order valence-electron chi connectivity index (χ2n) is 6.01. The van der Waals surface area contributed by atoms with Crippen LogP contribution in [0.2, 0.25) is 0 Å². The molecule has 2 aromatic heterocycles. The zero-order chi connectivity index (χ0) is 19.5. The quantitative estimate of drug-likeness (QED) is 0.451. The summed E-state index contributed by atoms with van der Waals surface area (Å²) in [4.78, 5) is 5.44. The highest BCUT2D eigenvalue weighted by Crippen LogP contribution is 2.37. The monoisotopic (exact) mass is 397 g/mol. The topological polar surface area (TPSA) is 78.6 Å². The zero-order valence-corrected chi connectivity index (χ0v) is 16.5. The number of hydrogen-bond donors (Lipinski definition) is 1. The molecule has 7 nitrogen and oxygen atoms in total. The van der Waals surface area contributed by atoms with Crippen LogP contribution in [0, 0.1) is 0 Å². The van der Waals surface area contributed by atoms with Crippen molar-refractivity contribution in [3.05, 3.63) is 48.2 Å². The van der Waals surface area contributed by atoms with Crippen LogP contribution in [0.3, 0.4) is 0 Å². The molecular weight excluding hydrogens is 378 g/mol. The van der Waals surface area contributed by atoms with Gasteiger partial charge in [-0.1, -0.05) is 5.16 Å². The van der Waals surface area contributed by atoms with E-state index in [1.807, 2.05) is 36.4 Å². The van der Waals surface area contributed by atoms with E-state index in [9.17, 15) is 0 Å². The third-order valence-corrected chi connectivity index (χ3v) is 5.14. The molecule has 1 N–H and O–H groups in total. The van der Waals surface area contributed by atoms with E-state index in [1.165, 1.54) is 11.9 Å². The number of aromatic nitrogens is 2. The van der Waals surface area contributed by atoms with Gasteiger partial charge in [0.2, 0.25) is 0 Å². The molecule has 0 aliphatic carbocycles. The average molecular weight is 397 g/mol. The number of ether oxygens (including phenoxy) is 3. The minimum absolute atomic E-state index is 0.466. The van der Waals surface area contributed by atoms with Crippen molar-refractivity contribution in [2.75, 3.05) is 26.1 Å². The summed E-state index contributed by atoms with van der Waals surface area (Å²) in [5.41, 5.74) is 2.43. The predicted octanol–water partition coefficient (Wildman–Crippen LogP) is 4.66. The van der Waals surface area contributed by atoms with Gasteiger partial charge in [0.25, 0.3) is 0 Å². The molecule has 144 valence electrons. The number of anilines is 1. The second-order valence-corrected chi connectivity index (χ2v) is 6.85. The van der Waals surface area contributed by atoms with Gasteiger partial charge in [-0.15, -0.1) is 0 Å². The Balaban J connectivity index is 1.67. The molecule has 0 saturated heterocycles. The highest BCUT2D eigenvalue weighted by atomic mass is 32.2. The van der Waals surface area contributed by atoms with Crippen LogP contribution in [0.15, 0.2) is 52.0 Å². The first-order chi connectivity index (χ1) is 13.7. The lowest BCUT2D eigenvalue weighted by molar-refractivity contribution is 0.184. The second kappa shape index (κ2) is 7.95. The lowest BCUT2D eigenvalue weighted by Crippen LogP contribution is -1.94. The maximum absolute atomic E-state index is 5.53. The van der Waals surface area contributed by atoms with E-state index in [-0.39, 0.29) is 0 Å². The van der Waals surface area contributed by atoms with Gasteiger partial charge < -0.3 is 23.5 Å². The normalized spacial score (nSPS) is 11.1. The summed E-state index contributed by atoms with van der Waals surface area (Å²) in [5, 5.41) is 5.89. The Kier molecular flexibility index (Phi) is 5.23. The fourth-order valence-corrected chi connectivity index (χ4v) is 3.80. The minimum atomic E-state index is 0.466. The predicted molar refractivity (Wildman–Crippen MR) is 109 cm³/mol. The summed E-state index contributed by atoms with van der Waals surface area (Å²) in [5.74, 6) is 2.04. The number of fused-ring (bicyclic) bond motifs is 2. The Hall–Kier alpha value is -2.97. The van der Waals surface area contributed by atoms with Gasteiger partial charge in [-0.05, 0) is 53.9 Å². The molecule has 28 heavy (non-hydrogen) atoms. The Bertz CT molecular complexity index is 1130. The van der Waals surface area contributed by atoms with Crippen molar-refractivity contribution in [2.24, 2.45) is 0 Å². The summed E-state index contributed by atoms with van der Waals surface area (Å²) >= 11 is 1.40. The van der Waals surface area contributed by atoms with Crippen molar-refractivity contribution < 1.29 is 18.7 Å². The van der Waals surface area contributed by atoms with E-state index in [0.717, 1.165) is 32.5 Å². The van der Waals surface area contributed by atoms with Crippen LogP contribution < -0.4 is 14.2 Å². The zero-order valence-electron chi connectivity index (χ0n) is 15.7. The van der Waals surface area contributed by atoms with Crippen molar-refractivity contribution in [3.63, 3.8) is 0 Å². The van der Waals surface area contributed by atoms with Crippen molar-refractivity contribution in [1.29, 1.82) is 0 Å². The van der Waals surface area contributed by atoms with Crippen LogP contribution in [0.4, 0.5) is 5.82 Å². The van der Waals surface area contributed by atoms with Crippen LogP contribution in [-0.2, 0) is 11.3 Å². The molecule has 0 spiro atoms. The van der Waals surface area contributed by atoms with Gasteiger partial charge in [-0.3, -0.25) is 4.98 Å². The SMILES string of the molecule is COCc1cc(OC)c2c(NSc3ccc(OC)c4cccnc34)noc2c1. The van der Waals surface area contributed by atoms with Crippen molar-refractivity contribution >= 4 is 39.6 Å². The summed E-state index contributed by atoms with van der Waals surface area (Å²) in [7, 11) is 4.92. The molecule has 0 fully saturated rings. The van der Waals surface area contributed by atoms with Gasteiger partial charge in [-0.25, -0.2) is 0 Å². The molecule has 0 radical (unpaired) electrons. The van der Waals surface area contributed by atoms with E-state index in [2.05, 4.69) is 14.9 Å². The van der Waals surface area contributed by atoms with Crippen molar-refractivity contribution in [1.82, 2.24) is 10.1 Å². The molecule has 2 heterocycles. The number of rotatable bonds is 7. The smallest absolute Gasteiger partial charge is 0.191 e. The van der Waals surface area contributed by atoms with Crippen LogP contribution >= 0.6 is 11.9 Å². The maximum atomic E-state index is 5.53. The lowest BCUT2D eigenvalue weighted by Gasteiger charge is -2.10. The lowest BCUT2D eigenvalue weighted by atomic mass is 10.1. The van der Waals surface area contributed by atoms with Gasteiger partial charge in [0.05, 0.1) is 31.2 Å². The first-order valence-electron chi connectivity index (χ1n) is 8.55. The maximum Gasteiger partial charge on any atom is 0.191 e. The van der Waals surface area contributed by atoms with Gasteiger partial charge in [0.15, 0.2) is 11.4 Å². The number of hydrogen-bond acceptors (Lipinski definition) is 8. The fraction of sp³-hybridized carbons (Fsp3) is 0.200. The third kappa shape index (κ3) is 3.32. The molecule has 4 aromatic rings. The summed E-state index contributed by atoms with van der Waals surface area (Å²) < 4.78 is 24.9. The molecule has 0 aliphatic rings. The minimum Gasteiger partial charge on any atom is -0.496 e. The van der Waals surface area contributed by atoms with Gasteiger partial charge in [0, 0.05) is 18.7 Å². The molecule has 0 saturated carbocycles. The van der Waals surface area contributed by atoms with Crippen LogP contribution in [-0.4, -0.2) is 31.5 Å². The van der Waals surface area contributed by atoms with Gasteiger partial charge >= 0.3 is 0 Å². The Morgan fingerprint density at radius 3 is 2.71 bits per heavy atom. The first kappa shape index (κ1) is 18.4. The molecule has 2 aromatic carbocycles. The number of nitrogens with one attached hydrogen (secondary N) is 1. The molecule has 0 unspecified atom stereocenters. The van der Waals surface area contributed by atoms with Crippen molar-refractivity contribution in [3.8, 4) is 11.5 Å². The van der Waals surface area contributed by atoms with Gasteiger partial charge in [0.1, 0.15) is 16.9 Å². The largest absolute Gasteiger partial charge is 0.496 e. The van der Waals surface area contributed by atoms with E-state index in [1.54, 1.807) is 27.5 Å². The van der Waals surface area contributed by atoms with Crippen LogP contribution in [0.25, 0.3) is 21.9 Å². The highest BCUT2D eigenvalue weighted by Gasteiger charge is 2.16. The van der Waals surface area contributed by atoms with E-state index in [0.29, 0.717) is 23.8 Å². The van der Waals surface area contributed by atoms with Crippen LogP contribution in [0.1, 0.15) is 5.56 Å². The summed E-state index contributed by atoms with van der Waals surface area (Å²) in [6.07, 6.45) is 1.76. The van der Waals surface area contributed by atoms with E-state index < -0.39 is 0 Å². The Labute approximate surface area is 166 Å². The van der Waals surface area contributed by atoms with E-state index in [4.69, 9.17) is 18.7 Å². The molecule has 0 aliphatic heterocycles. The Morgan fingerprint density at radius 1 is 1.07 bits per heavy atom. The number of nitrogens with zero attached hydrogens (tertiary/aromatic N) is 2.